The second-order valence-corrected chi connectivity index (χ2v) is 8.75. The van der Waals surface area contributed by atoms with Crippen LogP contribution in [0.2, 0.25) is 0 Å². The average Bonchev–Trinajstić information content (AvgIpc) is 3.22. The number of aromatic nitrogens is 1. The lowest BCUT2D eigenvalue weighted by Gasteiger charge is -2.39. The van der Waals surface area contributed by atoms with Gasteiger partial charge in [-0.25, -0.2) is 4.39 Å². The van der Waals surface area contributed by atoms with Gasteiger partial charge in [0.05, 0.1) is 11.6 Å². The number of nitrogens with one attached hydrogen (secondary N) is 1. The van der Waals surface area contributed by atoms with Crippen LogP contribution in [0.4, 0.5) is 4.39 Å². The van der Waals surface area contributed by atoms with Crippen LogP contribution in [-0.4, -0.2) is 41.0 Å². The maximum absolute atomic E-state index is 14.3. The van der Waals surface area contributed by atoms with Crippen molar-refractivity contribution < 1.29 is 13.9 Å². The number of ether oxygens (including phenoxy) is 1. The molecule has 1 aliphatic rings. The van der Waals surface area contributed by atoms with Gasteiger partial charge in [0.2, 0.25) is 5.91 Å². The molecule has 0 fully saturated rings. The minimum Gasteiger partial charge on any atom is -0.489 e. The summed E-state index contributed by atoms with van der Waals surface area (Å²) in [6.45, 7) is 5.57. The third-order valence-corrected chi connectivity index (χ3v) is 6.58. The summed E-state index contributed by atoms with van der Waals surface area (Å²) in [6.07, 6.45) is 5.29. The lowest BCUT2D eigenvalue weighted by molar-refractivity contribution is 0.0794. The normalized spacial score (nSPS) is 16.3. The highest BCUT2D eigenvalue weighted by molar-refractivity contribution is 5.95. The Morgan fingerprint density at radius 2 is 2.21 bits per heavy atom. The van der Waals surface area contributed by atoms with Gasteiger partial charge >= 0.3 is 0 Å². The van der Waals surface area contributed by atoms with Gasteiger partial charge in [-0.1, -0.05) is 6.92 Å². The van der Waals surface area contributed by atoms with Crippen molar-refractivity contribution in [2.45, 2.75) is 51.6 Å². The highest BCUT2D eigenvalue weighted by Gasteiger charge is 2.32. The fraction of sp³-hybridized carbons (Fsp3) is 0.385. The number of aryl methyl sites for hydroxylation is 1. The molecular formula is C26H29FN4O2. The molecule has 0 radical (unpaired) electrons. The standard InChI is InChI=1S/C26H29FN4O2/c1-3-10-31(19-12-22-20(26(29)32)7-8-23(27)25(22)33-15-19)16(2)4-6-18-14-30-24-9-5-17(13-28)11-21(18)24/h5,7-9,11,14,16,19,30H,3-4,6,10,12,15H2,1-2H3,(H2,29,32). The number of hydrogen-bond acceptors (Lipinski definition) is 4. The first-order chi connectivity index (χ1) is 15.9. The van der Waals surface area contributed by atoms with E-state index < -0.39 is 11.7 Å². The van der Waals surface area contributed by atoms with Crippen molar-refractivity contribution in [1.82, 2.24) is 9.88 Å². The number of nitrogens with two attached hydrogens (primary N) is 1. The summed E-state index contributed by atoms with van der Waals surface area (Å²) < 4.78 is 20.1. The molecule has 0 saturated carbocycles. The van der Waals surface area contributed by atoms with Crippen LogP contribution in [0, 0.1) is 17.1 Å². The topological polar surface area (TPSA) is 95.1 Å². The predicted octanol–water partition coefficient (Wildman–Crippen LogP) is 4.31. The van der Waals surface area contributed by atoms with Gasteiger partial charge in [-0.3, -0.25) is 9.69 Å². The number of rotatable bonds is 8. The number of carbonyl (C=O) groups is 1. The van der Waals surface area contributed by atoms with Crippen molar-refractivity contribution in [3.63, 3.8) is 0 Å². The molecule has 172 valence electrons. The van der Waals surface area contributed by atoms with Gasteiger partial charge < -0.3 is 15.5 Å². The summed E-state index contributed by atoms with van der Waals surface area (Å²) in [6, 6.07) is 10.9. The third kappa shape index (κ3) is 4.57. The molecule has 4 rings (SSSR count). The monoisotopic (exact) mass is 448 g/mol. The van der Waals surface area contributed by atoms with E-state index in [-0.39, 0.29) is 17.8 Å². The van der Waals surface area contributed by atoms with E-state index in [0.717, 1.165) is 36.7 Å². The lowest BCUT2D eigenvalue weighted by Crippen LogP contribution is -2.48. The molecule has 2 atom stereocenters. The van der Waals surface area contributed by atoms with Gasteiger partial charge in [0, 0.05) is 40.3 Å². The van der Waals surface area contributed by atoms with Crippen LogP contribution in [-0.2, 0) is 12.8 Å². The number of halogens is 1. The van der Waals surface area contributed by atoms with Crippen LogP contribution in [0.5, 0.6) is 5.75 Å². The number of nitrogens with zero attached hydrogens (tertiary/aromatic N) is 2. The largest absolute Gasteiger partial charge is 0.489 e. The van der Waals surface area contributed by atoms with Gasteiger partial charge in [-0.05, 0) is 75.0 Å². The van der Waals surface area contributed by atoms with Gasteiger partial charge in [0.1, 0.15) is 6.61 Å². The Morgan fingerprint density at radius 1 is 1.39 bits per heavy atom. The van der Waals surface area contributed by atoms with Gasteiger partial charge in [0.15, 0.2) is 11.6 Å². The summed E-state index contributed by atoms with van der Waals surface area (Å²) in [4.78, 5) is 17.6. The van der Waals surface area contributed by atoms with Crippen LogP contribution in [0.3, 0.4) is 0 Å². The fourth-order valence-corrected chi connectivity index (χ4v) is 4.88. The van der Waals surface area contributed by atoms with Crippen molar-refractivity contribution in [1.29, 1.82) is 5.26 Å². The number of H-pyrrole nitrogens is 1. The molecule has 3 N–H and O–H groups in total. The van der Waals surface area contributed by atoms with Crippen LogP contribution >= 0.6 is 0 Å². The van der Waals surface area contributed by atoms with Crippen LogP contribution in [0.1, 0.15) is 53.7 Å². The summed E-state index contributed by atoms with van der Waals surface area (Å²) in [5.41, 5.74) is 9.30. The number of fused-ring (bicyclic) bond motifs is 2. The van der Waals surface area contributed by atoms with E-state index in [1.54, 1.807) is 0 Å². The number of hydrogen-bond donors (Lipinski definition) is 2. The van der Waals surface area contributed by atoms with Crippen LogP contribution < -0.4 is 10.5 Å². The van der Waals surface area contributed by atoms with E-state index in [0.29, 0.717) is 29.7 Å². The Bertz CT molecular complexity index is 1210. The van der Waals surface area contributed by atoms with Gasteiger partial charge in [-0.15, -0.1) is 0 Å². The number of aromatic amines is 1. The maximum atomic E-state index is 14.3. The number of carbonyl (C=O) groups excluding carboxylic acids is 1. The van der Waals surface area contributed by atoms with E-state index in [9.17, 15) is 14.4 Å². The zero-order valence-corrected chi connectivity index (χ0v) is 19.0. The molecule has 2 aromatic carbocycles. The average molecular weight is 449 g/mol. The first kappa shape index (κ1) is 22.8. The molecule has 3 aromatic rings. The predicted molar refractivity (Wildman–Crippen MR) is 126 cm³/mol. The first-order valence-electron chi connectivity index (χ1n) is 11.4. The molecule has 7 heteroatoms. The van der Waals surface area contributed by atoms with E-state index in [1.807, 2.05) is 24.4 Å². The molecule has 0 bridgehead atoms. The van der Waals surface area contributed by atoms with E-state index in [4.69, 9.17) is 10.5 Å². The zero-order chi connectivity index (χ0) is 23.5. The number of primary amides is 1. The second-order valence-electron chi connectivity index (χ2n) is 8.75. The Kier molecular flexibility index (Phi) is 6.66. The second kappa shape index (κ2) is 9.63. The molecule has 0 aliphatic carbocycles. The van der Waals surface area contributed by atoms with Crippen LogP contribution in [0.15, 0.2) is 36.5 Å². The summed E-state index contributed by atoms with van der Waals surface area (Å²) in [5, 5.41) is 10.3. The highest BCUT2D eigenvalue weighted by Crippen LogP contribution is 2.33. The van der Waals surface area contributed by atoms with Gasteiger partial charge in [0.25, 0.3) is 0 Å². The molecule has 0 spiro atoms. The SMILES string of the molecule is CCCN(C(C)CCc1c[nH]c2ccc(C#N)cc12)C1COc2c(F)ccc(C(N)=O)c2C1. The minimum atomic E-state index is -0.568. The van der Waals surface area contributed by atoms with Gasteiger partial charge in [-0.2, -0.15) is 5.26 Å². The van der Waals surface area contributed by atoms with Crippen molar-refractivity contribution in [3.8, 4) is 11.8 Å². The molecule has 0 saturated heterocycles. The van der Waals surface area contributed by atoms with E-state index in [2.05, 4.69) is 29.8 Å². The minimum absolute atomic E-state index is 0.0283. The third-order valence-electron chi connectivity index (χ3n) is 6.58. The Morgan fingerprint density at radius 3 is 2.94 bits per heavy atom. The van der Waals surface area contributed by atoms with E-state index in [1.165, 1.54) is 17.7 Å². The maximum Gasteiger partial charge on any atom is 0.249 e. The Labute approximate surface area is 193 Å². The summed E-state index contributed by atoms with van der Waals surface area (Å²) >= 11 is 0. The molecule has 6 nitrogen and oxygen atoms in total. The highest BCUT2D eigenvalue weighted by atomic mass is 19.1. The van der Waals surface area contributed by atoms with Crippen molar-refractivity contribution in [3.05, 3.63) is 64.6 Å². The summed E-state index contributed by atoms with van der Waals surface area (Å²) in [5.74, 6) is -0.875. The fourth-order valence-electron chi connectivity index (χ4n) is 4.88. The Balaban J connectivity index is 1.52. The quantitative estimate of drug-likeness (QED) is 0.537. The molecule has 1 amide bonds. The lowest BCUT2D eigenvalue weighted by atomic mass is 9.94. The van der Waals surface area contributed by atoms with Crippen LogP contribution in [0.25, 0.3) is 10.9 Å². The molecule has 1 aliphatic heterocycles. The molecule has 33 heavy (non-hydrogen) atoms. The van der Waals surface area contributed by atoms with Crippen molar-refractivity contribution >= 4 is 16.8 Å². The smallest absolute Gasteiger partial charge is 0.249 e. The Hall–Kier alpha value is -3.37. The van der Waals surface area contributed by atoms with Crippen molar-refractivity contribution in [2.75, 3.05) is 13.2 Å². The zero-order valence-electron chi connectivity index (χ0n) is 19.0. The molecular weight excluding hydrogens is 419 g/mol. The molecule has 1 aromatic heterocycles. The number of benzene rings is 2. The molecule has 2 heterocycles. The van der Waals surface area contributed by atoms with Crippen molar-refractivity contribution in [2.24, 2.45) is 5.73 Å². The summed E-state index contributed by atoms with van der Waals surface area (Å²) in [7, 11) is 0. The molecule has 2 unspecified atom stereocenters. The first-order valence-corrected chi connectivity index (χ1v) is 11.4. The number of nitriles is 1. The number of amides is 1. The van der Waals surface area contributed by atoms with E-state index >= 15 is 0 Å².